The van der Waals surface area contributed by atoms with Crippen molar-refractivity contribution in [2.45, 2.75) is 71.3 Å². The topological polar surface area (TPSA) is 58.4 Å². The zero-order valence-corrected chi connectivity index (χ0v) is 16.6. The molecule has 5 heteroatoms. The summed E-state index contributed by atoms with van der Waals surface area (Å²) in [6.45, 7) is 4.63. The van der Waals surface area contributed by atoms with Gasteiger partial charge in [0.1, 0.15) is 0 Å². The molecule has 1 aliphatic carbocycles. The number of aryl methyl sites for hydroxylation is 1. The Morgan fingerprint density at radius 1 is 1.12 bits per heavy atom. The number of unbranched alkanes of at least 4 members (excludes halogenated alkanes) is 2. The van der Waals surface area contributed by atoms with Crippen LogP contribution >= 0.6 is 0 Å². The van der Waals surface area contributed by atoms with Gasteiger partial charge in [0, 0.05) is 38.4 Å². The van der Waals surface area contributed by atoms with Gasteiger partial charge in [0.05, 0.1) is 0 Å². The number of pyridine rings is 1. The van der Waals surface area contributed by atoms with Gasteiger partial charge in [-0.3, -0.25) is 9.79 Å². The van der Waals surface area contributed by atoms with E-state index in [2.05, 4.69) is 15.6 Å². The van der Waals surface area contributed by atoms with Crippen LogP contribution in [-0.2, 0) is 6.54 Å². The molecule has 2 rings (SSSR count). The molecule has 0 aromatic carbocycles. The van der Waals surface area contributed by atoms with Crippen molar-refractivity contribution in [1.82, 2.24) is 15.2 Å². The summed E-state index contributed by atoms with van der Waals surface area (Å²) < 4.78 is 1.84. The summed E-state index contributed by atoms with van der Waals surface area (Å²) in [6.07, 6.45) is 11.7. The van der Waals surface area contributed by atoms with Crippen LogP contribution in [0.3, 0.4) is 0 Å². The summed E-state index contributed by atoms with van der Waals surface area (Å²) in [5.74, 6) is 1.88. The third kappa shape index (κ3) is 7.22. The molecule has 0 spiro atoms. The fourth-order valence-corrected chi connectivity index (χ4v) is 3.80. The molecule has 1 fully saturated rings. The summed E-state index contributed by atoms with van der Waals surface area (Å²) in [4.78, 5) is 16.1. The lowest BCUT2D eigenvalue weighted by molar-refractivity contribution is 0.472. The number of nitrogens with one attached hydrogen (secondary N) is 2. The molecule has 5 nitrogen and oxygen atoms in total. The summed E-state index contributed by atoms with van der Waals surface area (Å²) in [7, 11) is 1.82. The minimum absolute atomic E-state index is 0.0908. The average molecular weight is 361 g/mol. The second-order valence-electron chi connectivity index (χ2n) is 7.44. The molecule has 0 amide bonds. The van der Waals surface area contributed by atoms with Crippen molar-refractivity contribution < 1.29 is 0 Å². The maximum absolute atomic E-state index is 11.8. The molecule has 1 aromatic heterocycles. The number of nitrogens with zero attached hydrogens (tertiary/aromatic N) is 2. The van der Waals surface area contributed by atoms with Gasteiger partial charge in [-0.2, -0.15) is 0 Å². The highest BCUT2D eigenvalue weighted by molar-refractivity contribution is 5.79. The van der Waals surface area contributed by atoms with Gasteiger partial charge in [-0.05, 0) is 38.2 Å². The normalized spacial score (nSPS) is 15.4. The SMILES string of the molecule is CN=C(NCCCCC1CCCC1)NCCCCn1c(C)cccc1=O. The van der Waals surface area contributed by atoms with E-state index < -0.39 is 0 Å². The molecule has 146 valence electrons. The molecule has 0 aliphatic heterocycles. The fraction of sp³-hybridized carbons (Fsp3) is 0.714. The largest absolute Gasteiger partial charge is 0.356 e. The maximum Gasteiger partial charge on any atom is 0.250 e. The Kier molecular flexibility index (Phi) is 9.29. The van der Waals surface area contributed by atoms with E-state index in [9.17, 15) is 4.79 Å². The van der Waals surface area contributed by atoms with Gasteiger partial charge in [-0.1, -0.05) is 44.6 Å². The first-order valence-corrected chi connectivity index (χ1v) is 10.3. The molecule has 0 saturated heterocycles. The fourth-order valence-electron chi connectivity index (χ4n) is 3.80. The lowest BCUT2D eigenvalue weighted by atomic mass is 10.0. The molecule has 1 saturated carbocycles. The van der Waals surface area contributed by atoms with Crippen LogP contribution in [0.25, 0.3) is 0 Å². The molecular weight excluding hydrogens is 324 g/mol. The molecule has 0 bridgehead atoms. The van der Waals surface area contributed by atoms with Crippen LogP contribution in [-0.4, -0.2) is 30.7 Å². The first kappa shape index (κ1) is 20.5. The van der Waals surface area contributed by atoms with Gasteiger partial charge in [-0.15, -0.1) is 0 Å². The molecular formula is C21H36N4O. The van der Waals surface area contributed by atoms with E-state index in [0.29, 0.717) is 0 Å². The lowest BCUT2D eigenvalue weighted by Gasteiger charge is -2.13. The van der Waals surface area contributed by atoms with Crippen molar-refractivity contribution in [2.75, 3.05) is 20.1 Å². The second kappa shape index (κ2) is 11.8. The summed E-state index contributed by atoms with van der Waals surface area (Å²) in [5.41, 5.74) is 1.12. The first-order valence-electron chi connectivity index (χ1n) is 10.3. The Bertz CT molecular complexity index is 602. The van der Waals surface area contributed by atoms with Crippen molar-refractivity contribution in [2.24, 2.45) is 10.9 Å². The predicted octanol–water partition coefficient (Wildman–Crippen LogP) is 3.46. The number of rotatable bonds is 10. The molecule has 0 radical (unpaired) electrons. The molecule has 0 atom stereocenters. The highest BCUT2D eigenvalue weighted by Gasteiger charge is 2.13. The van der Waals surface area contributed by atoms with E-state index in [1.807, 2.05) is 30.7 Å². The zero-order chi connectivity index (χ0) is 18.6. The average Bonchev–Trinajstić information content (AvgIpc) is 3.15. The number of aliphatic imine (C=N–C) groups is 1. The van der Waals surface area contributed by atoms with Crippen LogP contribution in [0.15, 0.2) is 28.0 Å². The molecule has 1 aliphatic rings. The Hall–Kier alpha value is -1.78. The van der Waals surface area contributed by atoms with E-state index >= 15 is 0 Å². The van der Waals surface area contributed by atoms with Crippen molar-refractivity contribution in [3.63, 3.8) is 0 Å². The molecule has 0 unspecified atom stereocenters. The minimum Gasteiger partial charge on any atom is -0.356 e. The zero-order valence-electron chi connectivity index (χ0n) is 16.6. The van der Waals surface area contributed by atoms with E-state index in [1.165, 1.54) is 44.9 Å². The number of hydrogen-bond acceptors (Lipinski definition) is 2. The third-order valence-corrected chi connectivity index (χ3v) is 5.40. The standard InChI is InChI=1S/C21H36N4O/c1-18-10-9-14-20(26)25(18)17-8-7-16-24-21(22-2)23-15-6-5-13-19-11-3-4-12-19/h9-10,14,19H,3-8,11-13,15-17H2,1-2H3,(H2,22,23,24). The molecule has 2 N–H and O–H groups in total. The Labute approximate surface area is 158 Å². The van der Waals surface area contributed by atoms with Crippen molar-refractivity contribution in [1.29, 1.82) is 0 Å². The van der Waals surface area contributed by atoms with E-state index in [0.717, 1.165) is 50.0 Å². The highest BCUT2D eigenvalue weighted by atomic mass is 16.1. The van der Waals surface area contributed by atoms with Crippen LogP contribution in [0.4, 0.5) is 0 Å². The van der Waals surface area contributed by atoms with Crippen molar-refractivity contribution >= 4 is 5.96 Å². The quantitative estimate of drug-likeness (QED) is 0.382. The van der Waals surface area contributed by atoms with Crippen LogP contribution in [0, 0.1) is 12.8 Å². The molecule has 26 heavy (non-hydrogen) atoms. The van der Waals surface area contributed by atoms with Gasteiger partial charge < -0.3 is 15.2 Å². The van der Waals surface area contributed by atoms with Crippen molar-refractivity contribution in [3.8, 4) is 0 Å². The Balaban J connectivity index is 1.52. The third-order valence-electron chi connectivity index (χ3n) is 5.40. The Morgan fingerprint density at radius 3 is 2.46 bits per heavy atom. The van der Waals surface area contributed by atoms with Crippen LogP contribution in [0.5, 0.6) is 0 Å². The summed E-state index contributed by atoms with van der Waals surface area (Å²) in [5, 5.41) is 6.77. The van der Waals surface area contributed by atoms with E-state index in [1.54, 1.807) is 6.07 Å². The van der Waals surface area contributed by atoms with Gasteiger partial charge in [-0.25, -0.2) is 0 Å². The molecule has 1 heterocycles. The summed E-state index contributed by atoms with van der Waals surface area (Å²) in [6, 6.07) is 5.43. The predicted molar refractivity (Wildman–Crippen MR) is 110 cm³/mol. The minimum atomic E-state index is 0.0908. The first-order chi connectivity index (χ1) is 12.7. The number of aromatic nitrogens is 1. The van der Waals surface area contributed by atoms with Gasteiger partial charge in [0.25, 0.3) is 5.56 Å². The van der Waals surface area contributed by atoms with Gasteiger partial charge >= 0.3 is 0 Å². The van der Waals surface area contributed by atoms with Crippen LogP contribution in [0.2, 0.25) is 0 Å². The van der Waals surface area contributed by atoms with Crippen molar-refractivity contribution in [3.05, 3.63) is 34.2 Å². The second-order valence-corrected chi connectivity index (χ2v) is 7.44. The maximum atomic E-state index is 11.8. The lowest BCUT2D eigenvalue weighted by Crippen LogP contribution is -2.38. The van der Waals surface area contributed by atoms with Gasteiger partial charge in [0.15, 0.2) is 5.96 Å². The smallest absolute Gasteiger partial charge is 0.250 e. The molecule has 1 aromatic rings. The van der Waals surface area contributed by atoms with Crippen LogP contribution in [0.1, 0.15) is 63.5 Å². The summed E-state index contributed by atoms with van der Waals surface area (Å²) >= 11 is 0. The van der Waals surface area contributed by atoms with Gasteiger partial charge in [0.2, 0.25) is 0 Å². The number of guanidine groups is 1. The number of hydrogen-bond donors (Lipinski definition) is 2. The Morgan fingerprint density at radius 2 is 1.81 bits per heavy atom. The highest BCUT2D eigenvalue weighted by Crippen LogP contribution is 2.28. The van der Waals surface area contributed by atoms with E-state index in [4.69, 9.17) is 0 Å². The monoisotopic (exact) mass is 360 g/mol. The van der Waals surface area contributed by atoms with Crippen LogP contribution < -0.4 is 16.2 Å². The van der Waals surface area contributed by atoms with E-state index in [-0.39, 0.29) is 5.56 Å².